The van der Waals surface area contributed by atoms with Crippen molar-refractivity contribution in [2.75, 3.05) is 19.6 Å². The number of aliphatic carboxylic acids is 1. The van der Waals surface area contributed by atoms with Crippen molar-refractivity contribution in [3.05, 3.63) is 0 Å². The van der Waals surface area contributed by atoms with Crippen LogP contribution in [-0.2, 0) is 4.79 Å². The van der Waals surface area contributed by atoms with E-state index in [-0.39, 0.29) is 18.4 Å². The van der Waals surface area contributed by atoms with E-state index in [1.807, 2.05) is 0 Å². The van der Waals surface area contributed by atoms with E-state index >= 15 is 0 Å². The second-order valence-corrected chi connectivity index (χ2v) is 6.46. The van der Waals surface area contributed by atoms with Crippen LogP contribution in [-0.4, -0.2) is 41.6 Å². The molecule has 5 nitrogen and oxygen atoms in total. The molecule has 1 atom stereocenters. The van der Waals surface area contributed by atoms with E-state index in [0.29, 0.717) is 12.0 Å². The topological polar surface area (TPSA) is 69.6 Å². The molecule has 20 heavy (non-hydrogen) atoms. The van der Waals surface area contributed by atoms with Crippen molar-refractivity contribution < 1.29 is 14.7 Å². The Morgan fingerprint density at radius 2 is 2.15 bits per heavy atom. The van der Waals surface area contributed by atoms with Gasteiger partial charge in [0.1, 0.15) is 0 Å². The Hall–Kier alpha value is -1.26. The predicted octanol–water partition coefficient (Wildman–Crippen LogP) is 2.46. The highest BCUT2D eigenvalue weighted by molar-refractivity contribution is 5.74. The third kappa shape index (κ3) is 4.12. The third-order valence-electron chi connectivity index (χ3n) is 4.62. The first-order chi connectivity index (χ1) is 9.54. The Bertz CT molecular complexity index is 366. The molecule has 0 spiro atoms. The molecule has 1 saturated heterocycles. The highest BCUT2D eigenvalue weighted by atomic mass is 16.4. The fourth-order valence-corrected chi connectivity index (χ4v) is 3.26. The summed E-state index contributed by atoms with van der Waals surface area (Å²) in [4.78, 5) is 24.7. The van der Waals surface area contributed by atoms with Crippen LogP contribution < -0.4 is 5.32 Å². The van der Waals surface area contributed by atoms with Gasteiger partial charge in [-0.25, -0.2) is 4.79 Å². The molecule has 1 unspecified atom stereocenters. The maximum absolute atomic E-state index is 12.2. The smallest absolute Gasteiger partial charge is 0.317 e. The summed E-state index contributed by atoms with van der Waals surface area (Å²) in [6.07, 6.45) is 6.80. The molecule has 2 N–H and O–H groups in total. The normalized spacial score (nSPS) is 24.2. The van der Waals surface area contributed by atoms with Crippen LogP contribution in [0, 0.1) is 11.3 Å². The molecule has 0 aromatic carbocycles. The van der Waals surface area contributed by atoms with Crippen molar-refractivity contribution in [2.24, 2.45) is 11.3 Å². The first-order valence-corrected chi connectivity index (χ1v) is 7.79. The van der Waals surface area contributed by atoms with Crippen molar-refractivity contribution in [1.29, 1.82) is 0 Å². The summed E-state index contributed by atoms with van der Waals surface area (Å²) < 4.78 is 0. The Morgan fingerprint density at radius 1 is 1.40 bits per heavy atom. The molecule has 1 saturated carbocycles. The van der Waals surface area contributed by atoms with E-state index in [4.69, 9.17) is 5.11 Å². The molecule has 0 aromatic rings. The lowest BCUT2D eigenvalue weighted by Gasteiger charge is -2.32. The molecular formula is C15H26N2O3. The summed E-state index contributed by atoms with van der Waals surface area (Å²) in [6, 6.07) is -0.0116. The molecule has 2 aliphatic rings. The van der Waals surface area contributed by atoms with Crippen LogP contribution in [0.1, 0.15) is 51.9 Å². The Labute approximate surface area is 120 Å². The van der Waals surface area contributed by atoms with Gasteiger partial charge in [0.25, 0.3) is 0 Å². The SMILES string of the molecule is CCCC1(CNC(=O)N2CCCC(CC(=O)O)C2)CC1. The number of rotatable bonds is 6. The van der Waals surface area contributed by atoms with Gasteiger partial charge < -0.3 is 15.3 Å². The maximum atomic E-state index is 12.2. The molecule has 0 radical (unpaired) electrons. The Kier molecular flexibility index (Phi) is 4.89. The maximum Gasteiger partial charge on any atom is 0.317 e. The Morgan fingerprint density at radius 3 is 2.75 bits per heavy atom. The highest BCUT2D eigenvalue weighted by Crippen LogP contribution is 2.48. The van der Waals surface area contributed by atoms with Gasteiger partial charge in [0.15, 0.2) is 0 Å². The van der Waals surface area contributed by atoms with Crippen molar-refractivity contribution in [3.63, 3.8) is 0 Å². The summed E-state index contributed by atoms with van der Waals surface area (Å²) >= 11 is 0. The number of nitrogens with one attached hydrogen (secondary N) is 1. The largest absolute Gasteiger partial charge is 0.481 e. The molecule has 0 bridgehead atoms. The number of carbonyl (C=O) groups is 2. The molecule has 1 heterocycles. The quantitative estimate of drug-likeness (QED) is 0.786. The van der Waals surface area contributed by atoms with Crippen LogP contribution in [0.25, 0.3) is 0 Å². The summed E-state index contributed by atoms with van der Waals surface area (Å²) in [7, 11) is 0. The number of amides is 2. The van der Waals surface area contributed by atoms with Gasteiger partial charge in [-0.3, -0.25) is 4.79 Å². The van der Waals surface area contributed by atoms with Crippen LogP contribution in [0.4, 0.5) is 4.79 Å². The van der Waals surface area contributed by atoms with Gasteiger partial charge >= 0.3 is 12.0 Å². The second-order valence-electron chi connectivity index (χ2n) is 6.46. The van der Waals surface area contributed by atoms with E-state index in [9.17, 15) is 9.59 Å². The standard InChI is InChI=1S/C15H26N2O3/c1-2-5-15(6-7-15)11-16-14(20)17-8-3-4-12(10-17)9-13(18)19/h12H,2-11H2,1H3,(H,16,20)(H,18,19). The predicted molar refractivity (Wildman–Crippen MR) is 76.5 cm³/mol. The van der Waals surface area contributed by atoms with Crippen LogP contribution in [0.5, 0.6) is 0 Å². The summed E-state index contributed by atoms with van der Waals surface area (Å²) in [6.45, 7) is 4.30. The zero-order valence-corrected chi connectivity index (χ0v) is 12.4. The van der Waals surface area contributed by atoms with Gasteiger partial charge in [-0.2, -0.15) is 0 Å². The van der Waals surface area contributed by atoms with Crippen LogP contribution >= 0.6 is 0 Å². The summed E-state index contributed by atoms with van der Waals surface area (Å²) in [5, 5.41) is 11.9. The summed E-state index contributed by atoms with van der Waals surface area (Å²) in [5.74, 6) is -0.658. The minimum Gasteiger partial charge on any atom is -0.481 e. The molecule has 114 valence electrons. The van der Waals surface area contributed by atoms with Crippen molar-refractivity contribution in [3.8, 4) is 0 Å². The molecule has 2 rings (SSSR count). The zero-order valence-electron chi connectivity index (χ0n) is 12.4. The number of carboxylic acids is 1. The molecule has 1 aliphatic heterocycles. The fourth-order valence-electron chi connectivity index (χ4n) is 3.26. The Balaban J connectivity index is 1.75. The molecular weight excluding hydrogens is 256 g/mol. The number of hydrogen-bond donors (Lipinski definition) is 2. The number of urea groups is 1. The van der Waals surface area contributed by atoms with E-state index in [1.165, 1.54) is 25.7 Å². The average Bonchev–Trinajstić information content (AvgIpc) is 3.16. The minimum atomic E-state index is -0.767. The monoisotopic (exact) mass is 282 g/mol. The minimum absolute atomic E-state index is 0.0116. The van der Waals surface area contributed by atoms with E-state index in [0.717, 1.165) is 25.9 Å². The number of hydrogen-bond acceptors (Lipinski definition) is 2. The molecule has 2 amide bonds. The van der Waals surface area contributed by atoms with Gasteiger partial charge in [-0.1, -0.05) is 13.3 Å². The molecule has 0 aromatic heterocycles. The van der Waals surface area contributed by atoms with Crippen LogP contribution in [0.15, 0.2) is 0 Å². The highest BCUT2D eigenvalue weighted by Gasteiger charge is 2.41. The first kappa shape index (κ1) is 15.1. The average molecular weight is 282 g/mol. The molecule has 1 aliphatic carbocycles. The number of carboxylic acid groups (broad SMARTS) is 1. The van der Waals surface area contributed by atoms with Gasteiger partial charge in [-0.15, -0.1) is 0 Å². The molecule has 5 heteroatoms. The number of nitrogens with zero attached hydrogens (tertiary/aromatic N) is 1. The first-order valence-electron chi connectivity index (χ1n) is 7.79. The van der Waals surface area contributed by atoms with Gasteiger partial charge in [-0.05, 0) is 43.4 Å². The van der Waals surface area contributed by atoms with Crippen molar-refractivity contribution >= 4 is 12.0 Å². The number of piperidine rings is 1. The van der Waals surface area contributed by atoms with Crippen LogP contribution in [0.2, 0.25) is 0 Å². The fraction of sp³-hybridized carbons (Fsp3) is 0.867. The zero-order chi connectivity index (χ0) is 14.6. The van der Waals surface area contributed by atoms with E-state index in [2.05, 4.69) is 12.2 Å². The van der Waals surface area contributed by atoms with Crippen LogP contribution in [0.3, 0.4) is 0 Å². The number of carbonyl (C=O) groups excluding carboxylic acids is 1. The lowest BCUT2D eigenvalue weighted by molar-refractivity contribution is -0.138. The van der Waals surface area contributed by atoms with Gasteiger partial charge in [0, 0.05) is 26.1 Å². The van der Waals surface area contributed by atoms with Gasteiger partial charge in [0.2, 0.25) is 0 Å². The van der Waals surface area contributed by atoms with E-state index < -0.39 is 5.97 Å². The molecule has 2 fully saturated rings. The van der Waals surface area contributed by atoms with Gasteiger partial charge in [0.05, 0.1) is 0 Å². The van der Waals surface area contributed by atoms with Crippen molar-refractivity contribution in [1.82, 2.24) is 10.2 Å². The lowest BCUT2D eigenvalue weighted by Crippen LogP contribution is -2.47. The lowest BCUT2D eigenvalue weighted by atomic mass is 9.95. The van der Waals surface area contributed by atoms with E-state index in [1.54, 1.807) is 4.90 Å². The van der Waals surface area contributed by atoms with Crippen molar-refractivity contribution in [2.45, 2.75) is 51.9 Å². The third-order valence-corrected chi connectivity index (χ3v) is 4.62. The summed E-state index contributed by atoms with van der Waals surface area (Å²) in [5.41, 5.74) is 0.362. The number of likely N-dealkylation sites (tertiary alicyclic amines) is 1. The second kappa shape index (κ2) is 6.46.